The Labute approximate surface area is 192 Å². The quantitative estimate of drug-likeness (QED) is 0.393. The SMILES string of the molecule is CC(C)COc1ccc(Br)cc1C(=O)NC(=S)NNC(=O)c1ccc(Cl)cc1Cl. The summed E-state index contributed by atoms with van der Waals surface area (Å²) >= 11 is 20.2. The molecule has 2 amide bonds. The largest absolute Gasteiger partial charge is 0.492 e. The van der Waals surface area contributed by atoms with Crippen molar-refractivity contribution in [2.24, 2.45) is 5.92 Å². The molecule has 0 saturated heterocycles. The molecule has 0 atom stereocenters. The van der Waals surface area contributed by atoms with Crippen molar-refractivity contribution in [1.29, 1.82) is 0 Å². The van der Waals surface area contributed by atoms with Crippen molar-refractivity contribution in [3.8, 4) is 5.75 Å². The lowest BCUT2D eigenvalue weighted by Crippen LogP contribution is -2.48. The number of hydrogen-bond acceptors (Lipinski definition) is 4. The van der Waals surface area contributed by atoms with Gasteiger partial charge in [-0.2, -0.15) is 0 Å². The maximum atomic E-state index is 12.6. The third-order valence-corrected chi connectivity index (χ3v) is 4.70. The molecule has 2 aromatic carbocycles. The van der Waals surface area contributed by atoms with Gasteiger partial charge >= 0.3 is 0 Å². The van der Waals surface area contributed by atoms with Gasteiger partial charge in [-0.25, -0.2) is 0 Å². The summed E-state index contributed by atoms with van der Waals surface area (Å²) in [5.41, 5.74) is 5.34. The standard InChI is InChI=1S/C19H18BrCl2N3O3S/c1-10(2)9-28-16-6-3-11(20)7-14(16)17(26)23-19(29)25-24-18(27)13-5-4-12(21)8-15(13)22/h3-8,10H,9H2,1-2H3,(H,24,27)(H2,23,25,26,29). The molecule has 29 heavy (non-hydrogen) atoms. The van der Waals surface area contributed by atoms with Gasteiger partial charge in [-0.05, 0) is 54.5 Å². The van der Waals surface area contributed by atoms with Gasteiger partial charge in [0.15, 0.2) is 5.11 Å². The van der Waals surface area contributed by atoms with Crippen molar-refractivity contribution in [3.63, 3.8) is 0 Å². The summed E-state index contributed by atoms with van der Waals surface area (Å²) < 4.78 is 6.41. The van der Waals surface area contributed by atoms with E-state index in [4.69, 9.17) is 40.2 Å². The van der Waals surface area contributed by atoms with Crippen LogP contribution in [-0.4, -0.2) is 23.5 Å². The molecule has 0 radical (unpaired) electrons. The maximum absolute atomic E-state index is 12.6. The Hall–Kier alpha value is -1.87. The number of hydrazine groups is 1. The van der Waals surface area contributed by atoms with Crippen LogP contribution < -0.4 is 20.9 Å². The Morgan fingerprint density at radius 1 is 1.07 bits per heavy atom. The van der Waals surface area contributed by atoms with E-state index in [1.54, 1.807) is 18.2 Å². The molecule has 6 nitrogen and oxygen atoms in total. The summed E-state index contributed by atoms with van der Waals surface area (Å²) in [4.78, 5) is 24.8. The molecule has 10 heteroatoms. The Bertz CT molecular complexity index is 941. The zero-order valence-electron chi connectivity index (χ0n) is 15.5. The number of thiocarbonyl (C=S) groups is 1. The van der Waals surface area contributed by atoms with Gasteiger partial charge in [0.1, 0.15) is 5.75 Å². The lowest BCUT2D eigenvalue weighted by molar-refractivity contribution is 0.0933. The number of hydrogen-bond donors (Lipinski definition) is 3. The Morgan fingerprint density at radius 2 is 1.79 bits per heavy atom. The fourth-order valence-corrected chi connectivity index (χ4v) is 3.12. The number of halogens is 3. The highest BCUT2D eigenvalue weighted by atomic mass is 79.9. The molecule has 2 rings (SSSR count). The first-order chi connectivity index (χ1) is 13.7. The van der Waals surface area contributed by atoms with Crippen molar-refractivity contribution in [1.82, 2.24) is 16.2 Å². The van der Waals surface area contributed by atoms with Gasteiger partial charge in [0.25, 0.3) is 11.8 Å². The van der Waals surface area contributed by atoms with Crippen molar-refractivity contribution in [2.75, 3.05) is 6.61 Å². The van der Waals surface area contributed by atoms with Crippen LogP contribution in [0.2, 0.25) is 10.0 Å². The first-order valence-corrected chi connectivity index (χ1v) is 10.4. The zero-order valence-corrected chi connectivity index (χ0v) is 19.4. The first-order valence-electron chi connectivity index (χ1n) is 8.46. The van der Waals surface area contributed by atoms with Crippen LogP contribution in [0.4, 0.5) is 0 Å². The molecule has 0 aliphatic carbocycles. The van der Waals surface area contributed by atoms with E-state index in [0.717, 1.165) is 0 Å². The monoisotopic (exact) mass is 517 g/mol. The summed E-state index contributed by atoms with van der Waals surface area (Å²) in [7, 11) is 0. The van der Waals surface area contributed by atoms with Crippen LogP contribution in [0, 0.1) is 5.92 Å². The van der Waals surface area contributed by atoms with E-state index in [1.807, 2.05) is 13.8 Å². The molecule has 0 spiro atoms. The number of carbonyl (C=O) groups excluding carboxylic acids is 2. The second-order valence-electron chi connectivity index (χ2n) is 6.33. The maximum Gasteiger partial charge on any atom is 0.271 e. The lowest BCUT2D eigenvalue weighted by atomic mass is 10.2. The molecular formula is C19H18BrCl2N3O3S. The molecule has 3 N–H and O–H groups in total. The number of rotatable bonds is 5. The van der Waals surface area contributed by atoms with Gasteiger partial charge in [-0.1, -0.05) is 53.0 Å². The molecule has 2 aromatic rings. The zero-order chi connectivity index (χ0) is 21.6. The van der Waals surface area contributed by atoms with E-state index in [1.165, 1.54) is 18.2 Å². The Balaban J connectivity index is 1.99. The van der Waals surface area contributed by atoms with Gasteiger partial charge in [0.2, 0.25) is 0 Å². The van der Waals surface area contributed by atoms with Gasteiger partial charge in [-0.15, -0.1) is 0 Å². The van der Waals surface area contributed by atoms with Gasteiger partial charge < -0.3 is 4.74 Å². The predicted molar refractivity (Wildman–Crippen MR) is 122 cm³/mol. The molecule has 0 fully saturated rings. The fraction of sp³-hybridized carbons (Fsp3) is 0.211. The number of benzene rings is 2. The van der Waals surface area contributed by atoms with Crippen molar-refractivity contribution in [2.45, 2.75) is 13.8 Å². The average molecular weight is 519 g/mol. The third-order valence-electron chi connectivity index (χ3n) is 3.45. The van der Waals surface area contributed by atoms with Crippen LogP contribution in [-0.2, 0) is 0 Å². The first kappa shape index (κ1) is 23.4. The van der Waals surface area contributed by atoms with Crippen molar-refractivity contribution < 1.29 is 14.3 Å². The van der Waals surface area contributed by atoms with E-state index < -0.39 is 11.8 Å². The molecule has 0 unspecified atom stereocenters. The molecule has 154 valence electrons. The number of carbonyl (C=O) groups is 2. The van der Waals surface area contributed by atoms with E-state index >= 15 is 0 Å². The van der Waals surface area contributed by atoms with Crippen LogP contribution in [0.5, 0.6) is 5.75 Å². The predicted octanol–water partition coefficient (Wildman–Crippen LogP) is 4.74. The minimum atomic E-state index is -0.535. The summed E-state index contributed by atoms with van der Waals surface area (Å²) in [5, 5.41) is 3.00. The van der Waals surface area contributed by atoms with E-state index in [9.17, 15) is 9.59 Å². The van der Waals surface area contributed by atoms with E-state index in [2.05, 4.69) is 32.1 Å². The van der Waals surface area contributed by atoms with Crippen LogP contribution in [0.25, 0.3) is 0 Å². The molecule has 0 aliphatic rings. The van der Waals surface area contributed by atoms with Crippen LogP contribution in [0.15, 0.2) is 40.9 Å². The topological polar surface area (TPSA) is 79.5 Å². The average Bonchev–Trinajstić information content (AvgIpc) is 2.64. The molecule has 0 saturated carbocycles. The Kier molecular flexibility index (Phi) is 8.70. The van der Waals surface area contributed by atoms with Gasteiger partial charge in [0, 0.05) is 9.50 Å². The molecule has 0 bridgehead atoms. The van der Waals surface area contributed by atoms with Crippen LogP contribution >= 0.6 is 51.3 Å². The van der Waals surface area contributed by atoms with E-state index in [-0.39, 0.29) is 15.7 Å². The summed E-state index contributed by atoms with van der Waals surface area (Å²) in [6.45, 7) is 4.48. The highest BCUT2D eigenvalue weighted by Crippen LogP contribution is 2.24. The van der Waals surface area contributed by atoms with Crippen LogP contribution in [0.3, 0.4) is 0 Å². The summed E-state index contributed by atoms with van der Waals surface area (Å²) in [5.74, 6) is -0.292. The van der Waals surface area contributed by atoms with Crippen molar-refractivity contribution in [3.05, 3.63) is 62.0 Å². The molecule has 0 heterocycles. The summed E-state index contributed by atoms with van der Waals surface area (Å²) in [6, 6.07) is 9.56. The lowest BCUT2D eigenvalue weighted by Gasteiger charge is -2.15. The highest BCUT2D eigenvalue weighted by Gasteiger charge is 2.16. The van der Waals surface area contributed by atoms with E-state index in [0.29, 0.717) is 33.3 Å². The molecular weight excluding hydrogens is 501 g/mol. The molecule has 0 aliphatic heterocycles. The normalized spacial score (nSPS) is 10.4. The Morgan fingerprint density at radius 3 is 2.45 bits per heavy atom. The van der Waals surface area contributed by atoms with Gasteiger partial charge in [-0.3, -0.25) is 25.8 Å². The second-order valence-corrected chi connectivity index (χ2v) is 8.50. The number of nitrogens with one attached hydrogen (secondary N) is 3. The second kappa shape index (κ2) is 10.8. The third kappa shape index (κ3) is 7.15. The minimum Gasteiger partial charge on any atom is -0.492 e. The number of amides is 2. The summed E-state index contributed by atoms with van der Waals surface area (Å²) in [6.07, 6.45) is 0. The minimum absolute atomic E-state index is 0.0942. The number of ether oxygens (including phenoxy) is 1. The highest BCUT2D eigenvalue weighted by molar-refractivity contribution is 9.10. The van der Waals surface area contributed by atoms with Crippen LogP contribution in [0.1, 0.15) is 34.6 Å². The molecule has 0 aromatic heterocycles. The van der Waals surface area contributed by atoms with Gasteiger partial charge in [0.05, 0.1) is 22.8 Å². The smallest absolute Gasteiger partial charge is 0.271 e. The van der Waals surface area contributed by atoms with Crippen molar-refractivity contribution >= 4 is 68.3 Å². The fourth-order valence-electron chi connectivity index (χ4n) is 2.12.